The summed E-state index contributed by atoms with van der Waals surface area (Å²) < 4.78 is 0. The monoisotopic (exact) mass is 560 g/mol. The highest BCUT2D eigenvalue weighted by atomic mass is 31.1. The third-order valence-corrected chi connectivity index (χ3v) is 11.0. The molecular formula is C40H38BP. The van der Waals surface area contributed by atoms with Crippen molar-refractivity contribution in [3.8, 4) is 0 Å². The summed E-state index contributed by atoms with van der Waals surface area (Å²) in [5.41, 5.74) is 12.3. The maximum atomic E-state index is 2.40. The van der Waals surface area contributed by atoms with Crippen molar-refractivity contribution < 1.29 is 0 Å². The van der Waals surface area contributed by atoms with E-state index in [1.165, 1.54) is 76.5 Å². The summed E-state index contributed by atoms with van der Waals surface area (Å²) in [4.78, 5) is 0. The molecule has 0 amide bonds. The van der Waals surface area contributed by atoms with Crippen LogP contribution >= 0.6 is 7.92 Å². The second kappa shape index (κ2) is 11.8. The van der Waals surface area contributed by atoms with Crippen molar-refractivity contribution in [2.24, 2.45) is 0 Å². The van der Waals surface area contributed by atoms with Gasteiger partial charge in [-0.3, -0.25) is 0 Å². The number of benzene rings is 6. The van der Waals surface area contributed by atoms with Gasteiger partial charge in [-0.15, -0.1) is 0 Å². The smallest absolute Gasteiger partial charge is 0.0663 e. The van der Waals surface area contributed by atoms with Crippen molar-refractivity contribution in [3.63, 3.8) is 0 Å². The zero-order valence-corrected chi connectivity index (χ0v) is 26.5. The lowest BCUT2D eigenvalue weighted by molar-refractivity contribution is 1.34. The second-order valence-corrected chi connectivity index (χ2v) is 14.0. The Bertz CT molecular complexity index is 1740. The predicted molar refractivity (Wildman–Crippen MR) is 189 cm³/mol. The topological polar surface area (TPSA) is 0 Å². The van der Waals surface area contributed by atoms with Gasteiger partial charge in [-0.05, 0) is 76.2 Å². The molecular weight excluding hydrogens is 522 g/mol. The molecule has 0 aliphatic rings. The van der Waals surface area contributed by atoms with Crippen molar-refractivity contribution in [2.75, 3.05) is 0 Å². The van der Waals surface area contributed by atoms with E-state index in [1.807, 2.05) is 0 Å². The summed E-state index contributed by atoms with van der Waals surface area (Å²) in [5, 5.41) is 6.87. The minimum Gasteiger partial charge on any atom is -0.0663 e. The van der Waals surface area contributed by atoms with Gasteiger partial charge in [-0.2, -0.15) is 0 Å². The van der Waals surface area contributed by atoms with E-state index in [0.717, 1.165) is 0 Å². The molecule has 0 bridgehead atoms. The molecule has 0 fully saturated rings. The number of fused-ring (bicyclic) bond motifs is 1. The van der Waals surface area contributed by atoms with Crippen molar-refractivity contribution in [1.82, 2.24) is 0 Å². The molecule has 0 saturated carbocycles. The largest absolute Gasteiger partial charge is 0.243 e. The highest BCUT2D eigenvalue weighted by molar-refractivity contribution is 7.80. The van der Waals surface area contributed by atoms with Crippen LogP contribution in [0.3, 0.4) is 0 Å². The van der Waals surface area contributed by atoms with E-state index in [1.54, 1.807) is 0 Å². The van der Waals surface area contributed by atoms with Crippen LogP contribution in [0.1, 0.15) is 33.4 Å². The van der Waals surface area contributed by atoms with Gasteiger partial charge in [0.25, 0.3) is 0 Å². The lowest BCUT2D eigenvalue weighted by atomic mass is 9.33. The number of hydrogen-bond donors (Lipinski definition) is 0. The molecule has 0 radical (unpaired) electrons. The SMILES string of the molecule is Cc1cc(C)c(B(c2c(C)cc(C)cc2C)c2cccc3cccc(P(c4ccccc4)c4ccccc4)c23)c(C)c1. The third-order valence-electron chi connectivity index (χ3n) is 8.55. The van der Waals surface area contributed by atoms with Crippen LogP contribution in [0.25, 0.3) is 10.8 Å². The van der Waals surface area contributed by atoms with Gasteiger partial charge in [-0.25, -0.2) is 0 Å². The summed E-state index contributed by atoms with van der Waals surface area (Å²) in [6, 6.07) is 45.5. The fourth-order valence-electron chi connectivity index (χ4n) is 7.11. The molecule has 0 N–H and O–H groups in total. The molecule has 6 rings (SSSR count). The van der Waals surface area contributed by atoms with E-state index >= 15 is 0 Å². The van der Waals surface area contributed by atoms with Crippen molar-refractivity contribution in [3.05, 3.63) is 155 Å². The lowest BCUT2D eigenvalue weighted by Gasteiger charge is -2.28. The fraction of sp³-hybridized carbons (Fsp3) is 0.150. The highest BCUT2D eigenvalue weighted by Gasteiger charge is 2.31. The van der Waals surface area contributed by atoms with Crippen LogP contribution in [0.4, 0.5) is 0 Å². The molecule has 206 valence electrons. The zero-order valence-electron chi connectivity index (χ0n) is 25.6. The molecule has 0 aliphatic heterocycles. The molecule has 0 heterocycles. The summed E-state index contributed by atoms with van der Waals surface area (Å²) in [6.45, 7) is 13.7. The maximum Gasteiger partial charge on any atom is 0.243 e. The van der Waals surface area contributed by atoms with Gasteiger partial charge < -0.3 is 0 Å². The van der Waals surface area contributed by atoms with E-state index in [9.17, 15) is 0 Å². The highest BCUT2D eigenvalue weighted by Crippen LogP contribution is 2.35. The molecule has 6 aromatic carbocycles. The van der Waals surface area contributed by atoms with Gasteiger partial charge >= 0.3 is 0 Å². The summed E-state index contributed by atoms with van der Waals surface area (Å²) in [5.74, 6) is 0. The molecule has 0 nitrogen and oxygen atoms in total. The predicted octanol–water partition coefficient (Wildman–Crippen LogP) is 6.96. The van der Waals surface area contributed by atoms with E-state index in [-0.39, 0.29) is 6.71 Å². The van der Waals surface area contributed by atoms with Crippen molar-refractivity contribution >= 4 is 57.7 Å². The average Bonchev–Trinajstić information content (AvgIpc) is 2.96. The molecule has 6 aromatic rings. The Kier molecular flexibility index (Phi) is 7.89. The van der Waals surface area contributed by atoms with Crippen LogP contribution in [0.15, 0.2) is 121 Å². The molecule has 0 spiro atoms. The standard InChI is InChI=1S/C40H38BP/c1-27-23-29(3)39(30(4)24-27)41(40-31(5)25-28(2)26-32(40)6)36-21-13-15-33-16-14-22-37(38(33)36)42(34-17-9-7-10-18-34)35-19-11-8-12-20-35/h7-26H,1-6H3. The van der Waals surface area contributed by atoms with E-state index < -0.39 is 7.92 Å². The number of aryl methyl sites for hydroxylation is 6. The van der Waals surface area contributed by atoms with Gasteiger partial charge in [-0.1, -0.05) is 171 Å². The Labute approximate surface area is 253 Å². The zero-order chi connectivity index (χ0) is 29.4. The van der Waals surface area contributed by atoms with E-state index in [2.05, 4.69) is 163 Å². The van der Waals surface area contributed by atoms with Gasteiger partial charge in [0.2, 0.25) is 6.71 Å². The van der Waals surface area contributed by atoms with Gasteiger partial charge in [0.05, 0.1) is 0 Å². The fourth-order valence-corrected chi connectivity index (χ4v) is 9.62. The Morgan fingerprint density at radius 3 is 1.33 bits per heavy atom. The Morgan fingerprint density at radius 2 is 0.881 bits per heavy atom. The lowest BCUT2D eigenvalue weighted by Crippen LogP contribution is -2.56. The summed E-state index contributed by atoms with van der Waals surface area (Å²) >= 11 is 0. The first-order valence-electron chi connectivity index (χ1n) is 14.9. The van der Waals surface area contributed by atoms with E-state index in [4.69, 9.17) is 0 Å². The Balaban J connectivity index is 1.73. The minimum atomic E-state index is -0.766. The molecule has 0 saturated heterocycles. The Hall–Kier alpha value is -3.93. The van der Waals surface area contributed by atoms with Gasteiger partial charge in [0.1, 0.15) is 0 Å². The van der Waals surface area contributed by atoms with Gasteiger partial charge in [0, 0.05) is 0 Å². The van der Waals surface area contributed by atoms with Crippen LogP contribution in [0, 0.1) is 41.5 Å². The number of rotatable bonds is 6. The minimum absolute atomic E-state index is 0.124. The molecule has 0 aromatic heterocycles. The normalized spacial score (nSPS) is 11.3. The quantitative estimate of drug-likeness (QED) is 0.153. The molecule has 0 atom stereocenters. The molecule has 42 heavy (non-hydrogen) atoms. The molecule has 0 aliphatic carbocycles. The van der Waals surface area contributed by atoms with Crippen molar-refractivity contribution in [2.45, 2.75) is 41.5 Å². The number of hydrogen-bond acceptors (Lipinski definition) is 0. The van der Waals surface area contributed by atoms with Crippen LogP contribution in [-0.2, 0) is 0 Å². The average molecular weight is 561 g/mol. The molecule has 0 unspecified atom stereocenters. The van der Waals surface area contributed by atoms with Gasteiger partial charge in [0.15, 0.2) is 0 Å². The first-order chi connectivity index (χ1) is 20.3. The first-order valence-corrected chi connectivity index (χ1v) is 16.2. The molecule has 2 heteroatoms. The van der Waals surface area contributed by atoms with E-state index in [0.29, 0.717) is 0 Å². The summed E-state index contributed by atoms with van der Waals surface area (Å²) in [7, 11) is -0.766. The first kappa shape index (κ1) is 28.2. The maximum absolute atomic E-state index is 2.40. The Morgan fingerprint density at radius 1 is 0.452 bits per heavy atom. The van der Waals surface area contributed by atoms with Crippen LogP contribution in [-0.4, -0.2) is 6.71 Å². The summed E-state index contributed by atoms with van der Waals surface area (Å²) in [6.07, 6.45) is 0. The third kappa shape index (κ3) is 5.23. The van der Waals surface area contributed by atoms with Crippen LogP contribution in [0.2, 0.25) is 0 Å². The van der Waals surface area contributed by atoms with Crippen LogP contribution in [0.5, 0.6) is 0 Å². The van der Waals surface area contributed by atoms with Crippen molar-refractivity contribution in [1.29, 1.82) is 0 Å². The second-order valence-electron chi connectivity index (χ2n) is 11.8. The van der Waals surface area contributed by atoms with Crippen LogP contribution < -0.4 is 32.3 Å².